The average Bonchev–Trinajstić information content (AvgIpc) is 2.93. The van der Waals surface area contributed by atoms with Gasteiger partial charge < -0.3 is 10.4 Å². The summed E-state index contributed by atoms with van der Waals surface area (Å²) in [5.41, 5.74) is 3.69. The first kappa shape index (κ1) is 27.5. The molecule has 9 heteroatoms. The summed E-state index contributed by atoms with van der Waals surface area (Å²) in [6.45, 7) is 1.93. The van der Waals surface area contributed by atoms with E-state index in [1.807, 2.05) is 43.3 Å². The zero-order valence-electron chi connectivity index (χ0n) is 21.3. The first-order chi connectivity index (χ1) is 18.2. The smallest absolute Gasteiger partial charge is 0.303 e. The number of aliphatic carboxylic acids is 1. The molecule has 1 aromatic heterocycles. The number of carbonyl (C=O) groups excluding carboxylic acids is 1. The molecule has 8 nitrogen and oxygen atoms in total. The van der Waals surface area contributed by atoms with E-state index in [-0.39, 0.29) is 35.2 Å². The Labute approximate surface area is 223 Å². The average molecular weight is 536 g/mol. The third-order valence-corrected chi connectivity index (χ3v) is 8.58. The fourth-order valence-electron chi connectivity index (χ4n) is 4.75. The molecule has 0 spiro atoms. The van der Waals surface area contributed by atoms with Crippen molar-refractivity contribution in [2.24, 2.45) is 5.92 Å². The van der Waals surface area contributed by atoms with Crippen molar-refractivity contribution in [3.8, 4) is 11.1 Å². The monoisotopic (exact) mass is 535 g/mol. The van der Waals surface area contributed by atoms with E-state index in [1.165, 1.54) is 0 Å². The molecule has 1 aliphatic rings. The molecule has 3 aromatic rings. The second-order valence-electron chi connectivity index (χ2n) is 9.80. The number of sulfonamides is 1. The highest BCUT2D eigenvalue weighted by molar-refractivity contribution is 7.89. The SMILES string of the molecule is C[C@@H](NC(=O)[C@H]1CC[C@H](NS(=O)(=O)c2ccc(-c3ccc(CCC(=O)O)cc3)cc2)CC1)c1cccnc1. The van der Waals surface area contributed by atoms with Gasteiger partial charge in [0, 0.05) is 30.8 Å². The Balaban J connectivity index is 1.29. The van der Waals surface area contributed by atoms with Crippen molar-refractivity contribution >= 4 is 21.9 Å². The molecule has 1 heterocycles. The zero-order valence-corrected chi connectivity index (χ0v) is 22.2. The molecule has 0 saturated heterocycles. The number of hydrogen-bond acceptors (Lipinski definition) is 5. The van der Waals surface area contributed by atoms with Crippen LogP contribution < -0.4 is 10.0 Å². The summed E-state index contributed by atoms with van der Waals surface area (Å²) in [5, 5.41) is 11.9. The van der Waals surface area contributed by atoms with Crippen LogP contribution in [0.4, 0.5) is 0 Å². The molecule has 200 valence electrons. The van der Waals surface area contributed by atoms with Crippen LogP contribution in [0.15, 0.2) is 78.0 Å². The highest BCUT2D eigenvalue weighted by Crippen LogP contribution is 2.27. The van der Waals surface area contributed by atoms with E-state index in [2.05, 4.69) is 15.0 Å². The standard InChI is InChI=1S/C29H33N3O5S/c1-20(25-3-2-18-30-19-25)31-29(35)24-9-13-26(14-10-24)32-38(36,37)27-15-11-23(12-16-27)22-7-4-21(5-8-22)6-17-28(33)34/h2-5,7-8,11-12,15-16,18-20,24,26,32H,6,9-10,13-14,17H2,1H3,(H,31,35)(H,33,34)/t20-,24-,26-/m1/s1. The maximum atomic E-state index is 13.0. The topological polar surface area (TPSA) is 125 Å². The van der Waals surface area contributed by atoms with Crippen LogP contribution in [0.2, 0.25) is 0 Å². The molecule has 0 radical (unpaired) electrons. The Bertz CT molecular complexity index is 1340. The molecule has 1 amide bonds. The predicted octanol–water partition coefficient (Wildman–Crippen LogP) is 4.48. The van der Waals surface area contributed by atoms with Crippen LogP contribution in [0.5, 0.6) is 0 Å². The summed E-state index contributed by atoms with van der Waals surface area (Å²) < 4.78 is 28.8. The van der Waals surface area contributed by atoms with Gasteiger partial charge in [-0.25, -0.2) is 13.1 Å². The molecule has 2 aromatic carbocycles. The molecule has 38 heavy (non-hydrogen) atoms. The van der Waals surface area contributed by atoms with Crippen LogP contribution in [0, 0.1) is 5.92 Å². The highest BCUT2D eigenvalue weighted by Gasteiger charge is 2.29. The number of amides is 1. The number of rotatable bonds is 10. The number of hydrogen-bond donors (Lipinski definition) is 3. The van der Waals surface area contributed by atoms with Crippen molar-refractivity contribution in [2.45, 2.75) is 62.4 Å². The van der Waals surface area contributed by atoms with Crippen molar-refractivity contribution in [1.82, 2.24) is 15.0 Å². The fraction of sp³-hybridized carbons (Fsp3) is 0.345. The molecule has 0 bridgehead atoms. The second kappa shape index (κ2) is 12.3. The fourth-order valence-corrected chi connectivity index (χ4v) is 6.05. The maximum Gasteiger partial charge on any atom is 0.303 e. The van der Waals surface area contributed by atoms with E-state index in [0.29, 0.717) is 32.1 Å². The normalized spacial score (nSPS) is 18.4. The quantitative estimate of drug-likeness (QED) is 0.352. The van der Waals surface area contributed by atoms with E-state index >= 15 is 0 Å². The van der Waals surface area contributed by atoms with E-state index < -0.39 is 16.0 Å². The first-order valence-electron chi connectivity index (χ1n) is 12.8. The number of aryl methyl sites for hydroxylation is 1. The summed E-state index contributed by atoms with van der Waals surface area (Å²) >= 11 is 0. The van der Waals surface area contributed by atoms with E-state index in [9.17, 15) is 18.0 Å². The summed E-state index contributed by atoms with van der Waals surface area (Å²) in [4.78, 5) is 27.8. The number of nitrogens with one attached hydrogen (secondary N) is 2. The zero-order chi connectivity index (χ0) is 27.1. The van der Waals surface area contributed by atoms with Gasteiger partial charge in [-0.3, -0.25) is 14.6 Å². The second-order valence-corrected chi connectivity index (χ2v) is 11.5. The summed E-state index contributed by atoms with van der Waals surface area (Å²) in [6, 6.07) is 17.7. The van der Waals surface area contributed by atoms with Gasteiger partial charge >= 0.3 is 5.97 Å². The van der Waals surface area contributed by atoms with Gasteiger partial charge in [-0.1, -0.05) is 42.5 Å². The minimum Gasteiger partial charge on any atom is -0.481 e. The maximum absolute atomic E-state index is 13.0. The lowest BCUT2D eigenvalue weighted by molar-refractivity contribution is -0.137. The van der Waals surface area contributed by atoms with Crippen molar-refractivity contribution in [3.05, 3.63) is 84.2 Å². The molecule has 3 N–H and O–H groups in total. The van der Waals surface area contributed by atoms with Gasteiger partial charge in [0.15, 0.2) is 0 Å². The van der Waals surface area contributed by atoms with Crippen LogP contribution >= 0.6 is 0 Å². The Hall–Kier alpha value is -3.56. The van der Waals surface area contributed by atoms with Gasteiger partial charge in [0.2, 0.25) is 15.9 Å². The van der Waals surface area contributed by atoms with Gasteiger partial charge in [0.25, 0.3) is 0 Å². The third kappa shape index (κ3) is 7.26. The van der Waals surface area contributed by atoms with Crippen molar-refractivity contribution < 1.29 is 23.1 Å². The van der Waals surface area contributed by atoms with Gasteiger partial charge in [0.05, 0.1) is 10.9 Å². The minimum atomic E-state index is -3.69. The molecule has 1 fully saturated rings. The number of carboxylic acids is 1. The Morgan fingerprint density at radius 1 is 0.974 bits per heavy atom. The lowest BCUT2D eigenvalue weighted by Crippen LogP contribution is -2.41. The van der Waals surface area contributed by atoms with Crippen molar-refractivity contribution in [3.63, 3.8) is 0 Å². The molecule has 0 aliphatic heterocycles. The summed E-state index contributed by atoms with van der Waals surface area (Å²) in [7, 11) is -3.69. The predicted molar refractivity (Wildman–Crippen MR) is 145 cm³/mol. The van der Waals surface area contributed by atoms with Crippen LogP contribution in [0.25, 0.3) is 11.1 Å². The Morgan fingerprint density at radius 3 is 2.18 bits per heavy atom. The third-order valence-electron chi connectivity index (χ3n) is 7.04. The Morgan fingerprint density at radius 2 is 1.61 bits per heavy atom. The van der Waals surface area contributed by atoms with Crippen LogP contribution in [-0.4, -0.2) is 36.4 Å². The number of carbonyl (C=O) groups is 2. The number of pyridine rings is 1. The van der Waals surface area contributed by atoms with Gasteiger partial charge in [-0.2, -0.15) is 0 Å². The summed E-state index contributed by atoms with van der Waals surface area (Å²) in [5.74, 6) is -0.970. The number of nitrogens with zero attached hydrogens (tertiary/aromatic N) is 1. The Kier molecular flexibility index (Phi) is 8.91. The van der Waals surface area contributed by atoms with Crippen molar-refractivity contribution in [2.75, 3.05) is 0 Å². The number of carboxylic acid groups (broad SMARTS) is 1. The molecule has 0 unspecified atom stereocenters. The van der Waals surface area contributed by atoms with Gasteiger partial charge in [-0.05, 0) is 79.5 Å². The lowest BCUT2D eigenvalue weighted by Gasteiger charge is -2.29. The van der Waals surface area contributed by atoms with Crippen LogP contribution in [0.3, 0.4) is 0 Å². The number of benzene rings is 2. The van der Waals surface area contributed by atoms with Crippen molar-refractivity contribution in [1.29, 1.82) is 0 Å². The van der Waals surface area contributed by atoms with E-state index in [4.69, 9.17) is 5.11 Å². The molecular weight excluding hydrogens is 502 g/mol. The largest absolute Gasteiger partial charge is 0.481 e. The summed E-state index contributed by atoms with van der Waals surface area (Å²) in [6.07, 6.45) is 6.44. The first-order valence-corrected chi connectivity index (χ1v) is 14.3. The molecule has 4 rings (SSSR count). The molecule has 1 atom stereocenters. The number of aromatic nitrogens is 1. The highest BCUT2D eigenvalue weighted by atomic mass is 32.2. The molecule has 1 aliphatic carbocycles. The van der Waals surface area contributed by atoms with E-state index in [1.54, 1.807) is 36.7 Å². The van der Waals surface area contributed by atoms with Crippen LogP contribution in [0.1, 0.15) is 56.2 Å². The van der Waals surface area contributed by atoms with Crippen LogP contribution in [-0.2, 0) is 26.0 Å². The lowest BCUT2D eigenvalue weighted by atomic mass is 9.85. The minimum absolute atomic E-state index is 0.00633. The van der Waals surface area contributed by atoms with Gasteiger partial charge in [0.1, 0.15) is 0 Å². The molecule has 1 saturated carbocycles. The van der Waals surface area contributed by atoms with Gasteiger partial charge in [-0.15, -0.1) is 0 Å². The molecular formula is C29H33N3O5S. The van der Waals surface area contributed by atoms with E-state index in [0.717, 1.165) is 22.3 Å².